The van der Waals surface area contributed by atoms with Gasteiger partial charge in [0.1, 0.15) is 5.92 Å². The van der Waals surface area contributed by atoms with Crippen molar-refractivity contribution in [2.75, 3.05) is 13.1 Å². The van der Waals surface area contributed by atoms with Crippen molar-refractivity contribution >= 4 is 5.91 Å². The summed E-state index contributed by atoms with van der Waals surface area (Å²) in [7, 11) is 0. The average Bonchev–Trinajstić information content (AvgIpc) is 2.37. The second-order valence-electron chi connectivity index (χ2n) is 5.14. The van der Waals surface area contributed by atoms with E-state index in [4.69, 9.17) is 0 Å². The van der Waals surface area contributed by atoms with Crippen molar-refractivity contribution in [2.24, 2.45) is 0 Å². The minimum atomic E-state index is -0.970. The topological polar surface area (TPSA) is 64.3 Å². The lowest BCUT2D eigenvalue weighted by molar-refractivity contribution is -0.134. The molecule has 0 fully saturated rings. The Morgan fingerprint density at radius 1 is 1.42 bits per heavy atom. The fourth-order valence-corrected chi connectivity index (χ4v) is 1.91. The van der Waals surface area contributed by atoms with Crippen LogP contribution in [0.4, 0.5) is 0 Å². The fourth-order valence-electron chi connectivity index (χ4n) is 1.91. The van der Waals surface area contributed by atoms with Gasteiger partial charge in [-0.1, -0.05) is 30.3 Å². The van der Waals surface area contributed by atoms with E-state index < -0.39 is 11.5 Å². The Kier molecular flexibility index (Phi) is 5.08. The number of amides is 1. The Bertz CT molecular complexity index is 457. The molecule has 0 saturated heterocycles. The first-order valence-electron chi connectivity index (χ1n) is 6.34. The Hall–Kier alpha value is -1.86. The van der Waals surface area contributed by atoms with Gasteiger partial charge in [0.05, 0.1) is 11.7 Å². The van der Waals surface area contributed by atoms with Gasteiger partial charge in [-0.15, -0.1) is 0 Å². The second-order valence-corrected chi connectivity index (χ2v) is 5.14. The molecule has 4 nitrogen and oxygen atoms in total. The van der Waals surface area contributed by atoms with E-state index in [0.717, 1.165) is 0 Å². The molecule has 0 aliphatic carbocycles. The fraction of sp³-hybridized carbons (Fsp3) is 0.467. The molecule has 0 heterocycles. The monoisotopic (exact) mass is 260 g/mol. The van der Waals surface area contributed by atoms with Gasteiger partial charge >= 0.3 is 0 Å². The molecule has 0 bridgehead atoms. The second kappa shape index (κ2) is 6.35. The summed E-state index contributed by atoms with van der Waals surface area (Å²) in [6.07, 6.45) is 0. The van der Waals surface area contributed by atoms with E-state index in [-0.39, 0.29) is 12.5 Å². The lowest BCUT2D eigenvalue weighted by Crippen LogP contribution is -2.43. The van der Waals surface area contributed by atoms with E-state index >= 15 is 0 Å². The summed E-state index contributed by atoms with van der Waals surface area (Å²) in [6, 6.07) is 11.0. The third-order valence-corrected chi connectivity index (χ3v) is 2.78. The van der Waals surface area contributed by atoms with Crippen molar-refractivity contribution < 1.29 is 9.90 Å². The van der Waals surface area contributed by atoms with Crippen molar-refractivity contribution in [1.29, 1.82) is 5.26 Å². The summed E-state index contributed by atoms with van der Waals surface area (Å²) >= 11 is 0. The van der Waals surface area contributed by atoms with E-state index in [1.165, 1.54) is 4.90 Å². The number of benzene rings is 1. The normalized spacial score (nSPS) is 12.6. The average molecular weight is 260 g/mol. The quantitative estimate of drug-likeness (QED) is 0.879. The molecule has 0 spiro atoms. The number of aliphatic hydroxyl groups is 1. The number of hydrogen-bond donors (Lipinski definition) is 1. The van der Waals surface area contributed by atoms with Gasteiger partial charge in [0, 0.05) is 13.1 Å². The van der Waals surface area contributed by atoms with Crippen molar-refractivity contribution in [3.8, 4) is 6.07 Å². The molecule has 102 valence electrons. The van der Waals surface area contributed by atoms with Crippen LogP contribution in [0.25, 0.3) is 0 Å². The lowest BCUT2D eigenvalue weighted by atomic mass is 9.98. The van der Waals surface area contributed by atoms with Crippen LogP contribution in [0.5, 0.6) is 0 Å². The van der Waals surface area contributed by atoms with Gasteiger partial charge < -0.3 is 10.0 Å². The summed E-state index contributed by atoms with van der Waals surface area (Å²) in [5.41, 5.74) is -0.285. The highest BCUT2D eigenvalue weighted by molar-refractivity contribution is 5.86. The van der Waals surface area contributed by atoms with Crippen LogP contribution in [0.3, 0.4) is 0 Å². The molecule has 1 aromatic rings. The first-order chi connectivity index (χ1) is 8.89. The molecule has 1 N–H and O–H groups in total. The Morgan fingerprint density at radius 3 is 2.42 bits per heavy atom. The molecular weight excluding hydrogens is 240 g/mol. The number of carbonyl (C=O) groups excluding carboxylic acids is 1. The van der Waals surface area contributed by atoms with E-state index in [1.54, 1.807) is 38.1 Å². The van der Waals surface area contributed by atoms with Crippen LogP contribution in [0.2, 0.25) is 0 Å². The van der Waals surface area contributed by atoms with Crippen molar-refractivity contribution in [1.82, 2.24) is 4.90 Å². The molecule has 1 aromatic carbocycles. The zero-order valence-corrected chi connectivity index (χ0v) is 11.6. The maximum absolute atomic E-state index is 12.4. The summed E-state index contributed by atoms with van der Waals surface area (Å²) in [6.45, 7) is 5.81. The molecule has 0 saturated carbocycles. The molecule has 0 aliphatic heterocycles. The first kappa shape index (κ1) is 15.2. The van der Waals surface area contributed by atoms with Gasteiger partial charge in [-0.3, -0.25) is 4.79 Å². The van der Waals surface area contributed by atoms with Crippen molar-refractivity contribution in [2.45, 2.75) is 32.3 Å². The maximum Gasteiger partial charge on any atom is 0.244 e. The maximum atomic E-state index is 12.4. The molecule has 1 amide bonds. The third-order valence-electron chi connectivity index (χ3n) is 2.78. The Morgan fingerprint density at radius 2 is 2.00 bits per heavy atom. The molecular formula is C15H20N2O2. The zero-order chi connectivity index (χ0) is 14.5. The molecule has 1 unspecified atom stereocenters. The number of nitrogens with zero attached hydrogens (tertiary/aromatic N) is 2. The Labute approximate surface area is 114 Å². The highest BCUT2D eigenvalue weighted by atomic mass is 16.3. The van der Waals surface area contributed by atoms with Gasteiger partial charge in [0.15, 0.2) is 0 Å². The van der Waals surface area contributed by atoms with Crippen molar-refractivity contribution in [3.63, 3.8) is 0 Å². The molecule has 0 aliphatic rings. The van der Waals surface area contributed by atoms with E-state index in [1.807, 2.05) is 19.1 Å². The number of carbonyl (C=O) groups is 1. The summed E-state index contributed by atoms with van der Waals surface area (Å²) in [5, 5.41) is 19.0. The van der Waals surface area contributed by atoms with Crippen LogP contribution in [-0.2, 0) is 4.79 Å². The van der Waals surface area contributed by atoms with Gasteiger partial charge in [-0.05, 0) is 26.3 Å². The molecule has 0 aromatic heterocycles. The summed E-state index contributed by atoms with van der Waals surface area (Å²) in [4.78, 5) is 13.9. The molecule has 4 heteroatoms. The third kappa shape index (κ3) is 4.38. The van der Waals surface area contributed by atoms with Gasteiger partial charge in [-0.25, -0.2) is 0 Å². The zero-order valence-electron chi connectivity index (χ0n) is 11.6. The molecule has 1 rings (SSSR count). The summed E-state index contributed by atoms with van der Waals surface area (Å²) in [5.74, 6) is -1.08. The minimum absolute atomic E-state index is 0.216. The number of likely N-dealkylation sites (N-methyl/N-ethyl adjacent to an activating group) is 1. The van der Waals surface area contributed by atoms with Gasteiger partial charge in [0.2, 0.25) is 5.91 Å². The van der Waals surface area contributed by atoms with E-state index in [9.17, 15) is 15.2 Å². The highest BCUT2D eigenvalue weighted by Crippen LogP contribution is 2.19. The number of rotatable bonds is 5. The van der Waals surface area contributed by atoms with Gasteiger partial charge in [0.25, 0.3) is 0 Å². The standard InChI is InChI=1S/C15H20N2O2/c1-4-17(11-15(2,3)19)14(18)13(10-16)12-8-6-5-7-9-12/h5-9,13,19H,4,11H2,1-3H3. The van der Waals surface area contributed by atoms with E-state index in [0.29, 0.717) is 12.1 Å². The first-order valence-corrected chi connectivity index (χ1v) is 6.34. The number of nitriles is 1. The highest BCUT2D eigenvalue weighted by Gasteiger charge is 2.28. The van der Waals surface area contributed by atoms with E-state index in [2.05, 4.69) is 0 Å². The molecule has 1 atom stereocenters. The van der Waals surface area contributed by atoms with Crippen LogP contribution >= 0.6 is 0 Å². The van der Waals surface area contributed by atoms with Crippen LogP contribution in [-0.4, -0.2) is 34.6 Å². The van der Waals surface area contributed by atoms with Crippen LogP contribution in [0.1, 0.15) is 32.3 Å². The Balaban J connectivity index is 2.93. The lowest BCUT2D eigenvalue weighted by Gasteiger charge is -2.29. The molecule has 0 radical (unpaired) electrons. The predicted octanol–water partition coefficient (Wildman–Crippen LogP) is 1.91. The van der Waals surface area contributed by atoms with Crippen LogP contribution < -0.4 is 0 Å². The van der Waals surface area contributed by atoms with Crippen LogP contribution in [0.15, 0.2) is 30.3 Å². The predicted molar refractivity (Wildman–Crippen MR) is 73.3 cm³/mol. The minimum Gasteiger partial charge on any atom is -0.389 e. The van der Waals surface area contributed by atoms with Crippen LogP contribution in [0, 0.1) is 11.3 Å². The SMILES string of the molecule is CCN(CC(C)(C)O)C(=O)C(C#N)c1ccccc1. The van der Waals surface area contributed by atoms with Gasteiger partial charge in [-0.2, -0.15) is 5.26 Å². The smallest absolute Gasteiger partial charge is 0.244 e. The molecule has 19 heavy (non-hydrogen) atoms. The largest absolute Gasteiger partial charge is 0.389 e. The number of hydrogen-bond acceptors (Lipinski definition) is 3. The summed E-state index contributed by atoms with van der Waals surface area (Å²) < 4.78 is 0. The van der Waals surface area contributed by atoms with Crippen molar-refractivity contribution in [3.05, 3.63) is 35.9 Å².